The molecule has 84 valence electrons. The lowest BCUT2D eigenvalue weighted by atomic mass is 10.4. The molecule has 0 aliphatic carbocycles. The van der Waals surface area contributed by atoms with Crippen LogP contribution < -0.4 is 0 Å². The molecule has 2 aromatic rings. The van der Waals surface area contributed by atoms with Gasteiger partial charge in [-0.15, -0.1) is 0 Å². The molecule has 0 saturated carbocycles. The fraction of sp³-hybridized carbons (Fsp3) is 0.455. The molecule has 0 bridgehead atoms. The van der Waals surface area contributed by atoms with Crippen molar-refractivity contribution < 1.29 is 8.83 Å². The van der Waals surface area contributed by atoms with Crippen LogP contribution in [0.4, 0.5) is 0 Å². The normalized spacial score (nSPS) is 8.33. The van der Waals surface area contributed by atoms with Crippen LogP contribution in [-0.4, -0.2) is 9.97 Å². The highest BCUT2D eigenvalue weighted by Crippen LogP contribution is 1.99. The number of oxazole rings is 2. The monoisotopic (exact) mass is 210 g/mol. The SMILES string of the molecule is CC.Cc1cocn1.Cc1ncoc1C. The summed E-state index contributed by atoms with van der Waals surface area (Å²) in [5.41, 5.74) is 1.90. The van der Waals surface area contributed by atoms with Gasteiger partial charge in [-0.1, -0.05) is 13.8 Å². The highest BCUT2D eigenvalue weighted by molar-refractivity contribution is 5.00. The standard InChI is InChI=1S/C5H7NO.C4H5NO.C2H6/c1-4-5(2)7-3-6-4;1-4-2-6-3-5-4;1-2/h3H,1-2H3;2-3H,1H3;1-2H3. The van der Waals surface area contributed by atoms with Crippen molar-refractivity contribution in [2.75, 3.05) is 0 Å². The van der Waals surface area contributed by atoms with Gasteiger partial charge in [-0.25, -0.2) is 9.97 Å². The number of rotatable bonds is 0. The molecule has 0 atom stereocenters. The van der Waals surface area contributed by atoms with Crippen LogP contribution in [0, 0.1) is 20.8 Å². The van der Waals surface area contributed by atoms with E-state index in [9.17, 15) is 0 Å². The minimum absolute atomic E-state index is 0.903. The first-order chi connectivity index (χ1) is 7.20. The highest BCUT2D eigenvalue weighted by Gasteiger charge is 1.90. The molecule has 0 N–H and O–H groups in total. The summed E-state index contributed by atoms with van der Waals surface area (Å²) in [5.74, 6) is 0.903. The molecule has 0 aromatic carbocycles. The van der Waals surface area contributed by atoms with Crippen LogP contribution in [0.2, 0.25) is 0 Å². The Morgan fingerprint density at radius 1 is 1.00 bits per heavy atom. The molecule has 0 aliphatic rings. The van der Waals surface area contributed by atoms with Gasteiger partial charge in [-0.3, -0.25) is 0 Å². The average Bonchev–Trinajstić information content (AvgIpc) is 2.84. The summed E-state index contributed by atoms with van der Waals surface area (Å²) in [4.78, 5) is 7.60. The summed E-state index contributed by atoms with van der Waals surface area (Å²) in [6.07, 6.45) is 4.46. The van der Waals surface area contributed by atoms with E-state index in [1.807, 2.05) is 34.6 Å². The van der Waals surface area contributed by atoms with Crippen LogP contribution in [0.25, 0.3) is 0 Å². The molecule has 0 amide bonds. The van der Waals surface area contributed by atoms with Gasteiger partial charge < -0.3 is 8.83 Å². The Morgan fingerprint density at radius 3 is 1.80 bits per heavy atom. The topological polar surface area (TPSA) is 52.1 Å². The molecule has 0 aliphatic heterocycles. The lowest BCUT2D eigenvalue weighted by Crippen LogP contribution is -1.69. The molecule has 0 spiro atoms. The Kier molecular flexibility index (Phi) is 6.97. The van der Waals surface area contributed by atoms with Crippen LogP contribution in [0.1, 0.15) is 31.0 Å². The third kappa shape index (κ3) is 5.67. The lowest BCUT2D eigenvalue weighted by Gasteiger charge is -1.76. The van der Waals surface area contributed by atoms with Crippen molar-refractivity contribution in [3.05, 3.63) is 36.2 Å². The van der Waals surface area contributed by atoms with E-state index in [0.717, 1.165) is 17.1 Å². The van der Waals surface area contributed by atoms with Gasteiger partial charge in [0.2, 0.25) is 0 Å². The summed E-state index contributed by atoms with van der Waals surface area (Å²) in [5, 5.41) is 0. The number of aryl methyl sites for hydroxylation is 3. The highest BCUT2D eigenvalue weighted by atomic mass is 16.3. The van der Waals surface area contributed by atoms with Crippen LogP contribution in [0.3, 0.4) is 0 Å². The Balaban J connectivity index is 0.000000227. The molecule has 4 nitrogen and oxygen atoms in total. The molecular formula is C11H18N2O2. The van der Waals surface area contributed by atoms with Crippen LogP contribution in [0.5, 0.6) is 0 Å². The van der Waals surface area contributed by atoms with E-state index in [4.69, 9.17) is 4.42 Å². The maximum atomic E-state index is 4.85. The summed E-state index contributed by atoms with van der Waals surface area (Å²) < 4.78 is 9.46. The number of hydrogen-bond acceptors (Lipinski definition) is 4. The maximum absolute atomic E-state index is 4.85. The van der Waals surface area contributed by atoms with E-state index in [2.05, 4.69) is 14.4 Å². The van der Waals surface area contributed by atoms with E-state index in [-0.39, 0.29) is 0 Å². The lowest BCUT2D eigenvalue weighted by molar-refractivity contribution is 0.525. The summed E-state index contributed by atoms with van der Waals surface area (Å²) in [6, 6.07) is 0. The van der Waals surface area contributed by atoms with Crippen molar-refractivity contribution in [3.8, 4) is 0 Å². The molecule has 4 heteroatoms. The summed E-state index contributed by atoms with van der Waals surface area (Å²) in [6.45, 7) is 9.69. The molecule has 0 fully saturated rings. The van der Waals surface area contributed by atoms with Crippen molar-refractivity contribution in [2.24, 2.45) is 0 Å². The zero-order valence-electron chi connectivity index (χ0n) is 9.94. The molecular weight excluding hydrogens is 192 g/mol. The largest absolute Gasteiger partial charge is 0.452 e. The van der Waals surface area contributed by atoms with Gasteiger partial charge in [0.15, 0.2) is 12.8 Å². The van der Waals surface area contributed by atoms with Crippen molar-refractivity contribution in [1.29, 1.82) is 0 Å². The number of nitrogens with zero attached hydrogens (tertiary/aromatic N) is 2. The van der Waals surface area contributed by atoms with E-state index in [0.29, 0.717) is 0 Å². The van der Waals surface area contributed by atoms with Crippen LogP contribution in [-0.2, 0) is 0 Å². The molecule has 2 rings (SSSR count). The number of hydrogen-bond donors (Lipinski definition) is 0. The molecule has 0 radical (unpaired) electrons. The fourth-order valence-corrected chi connectivity index (χ4v) is 0.634. The van der Waals surface area contributed by atoms with E-state index in [1.54, 1.807) is 6.26 Å². The molecule has 15 heavy (non-hydrogen) atoms. The Hall–Kier alpha value is -1.58. The van der Waals surface area contributed by atoms with Crippen molar-refractivity contribution in [3.63, 3.8) is 0 Å². The average molecular weight is 210 g/mol. The van der Waals surface area contributed by atoms with Gasteiger partial charge in [-0.05, 0) is 20.8 Å². The Morgan fingerprint density at radius 2 is 1.67 bits per heavy atom. The second-order valence-electron chi connectivity index (χ2n) is 2.62. The van der Waals surface area contributed by atoms with Crippen molar-refractivity contribution in [2.45, 2.75) is 34.6 Å². The van der Waals surface area contributed by atoms with Gasteiger partial charge in [0.05, 0.1) is 11.4 Å². The zero-order chi connectivity index (χ0) is 11.7. The maximum Gasteiger partial charge on any atom is 0.181 e. The van der Waals surface area contributed by atoms with Crippen molar-refractivity contribution >= 4 is 0 Å². The fourth-order valence-electron chi connectivity index (χ4n) is 0.634. The van der Waals surface area contributed by atoms with Crippen molar-refractivity contribution in [1.82, 2.24) is 9.97 Å². The smallest absolute Gasteiger partial charge is 0.181 e. The van der Waals surface area contributed by atoms with Gasteiger partial charge >= 0.3 is 0 Å². The van der Waals surface area contributed by atoms with E-state index >= 15 is 0 Å². The predicted octanol–water partition coefficient (Wildman–Crippen LogP) is 3.30. The summed E-state index contributed by atoms with van der Waals surface area (Å²) >= 11 is 0. The predicted molar refractivity (Wildman–Crippen MR) is 58.6 cm³/mol. The molecule has 0 unspecified atom stereocenters. The molecule has 0 saturated heterocycles. The molecule has 2 heterocycles. The minimum Gasteiger partial charge on any atom is -0.452 e. The third-order valence-corrected chi connectivity index (χ3v) is 1.54. The van der Waals surface area contributed by atoms with Crippen LogP contribution in [0.15, 0.2) is 27.9 Å². The second kappa shape index (κ2) is 7.79. The number of aromatic nitrogens is 2. The van der Waals surface area contributed by atoms with E-state index in [1.165, 1.54) is 12.8 Å². The second-order valence-corrected chi connectivity index (χ2v) is 2.62. The first kappa shape index (κ1) is 13.4. The van der Waals surface area contributed by atoms with Gasteiger partial charge in [0, 0.05) is 0 Å². The van der Waals surface area contributed by atoms with Gasteiger partial charge in [-0.2, -0.15) is 0 Å². The van der Waals surface area contributed by atoms with Gasteiger partial charge in [0.25, 0.3) is 0 Å². The third-order valence-electron chi connectivity index (χ3n) is 1.54. The first-order valence-electron chi connectivity index (χ1n) is 4.91. The summed E-state index contributed by atoms with van der Waals surface area (Å²) in [7, 11) is 0. The van der Waals surface area contributed by atoms with Crippen LogP contribution >= 0.6 is 0 Å². The Labute approximate surface area is 90.4 Å². The minimum atomic E-state index is 0.903. The van der Waals surface area contributed by atoms with E-state index < -0.39 is 0 Å². The first-order valence-corrected chi connectivity index (χ1v) is 4.91. The Bertz CT molecular complexity index is 323. The molecule has 2 aromatic heterocycles. The quantitative estimate of drug-likeness (QED) is 0.669. The zero-order valence-corrected chi connectivity index (χ0v) is 9.94. The van der Waals surface area contributed by atoms with Gasteiger partial charge in [0.1, 0.15) is 12.0 Å².